The van der Waals surface area contributed by atoms with Crippen molar-refractivity contribution >= 4 is 5.97 Å². The van der Waals surface area contributed by atoms with Crippen LogP contribution in [0.25, 0.3) is 0 Å². The van der Waals surface area contributed by atoms with Crippen LogP contribution in [-0.4, -0.2) is 109 Å². The van der Waals surface area contributed by atoms with Crippen LogP contribution in [0.15, 0.2) is 0 Å². The Hall–Kier alpha value is -0.890. The summed E-state index contributed by atoms with van der Waals surface area (Å²) in [5.74, 6) is -0.0980. The van der Waals surface area contributed by atoms with Crippen molar-refractivity contribution in [3.8, 4) is 0 Å². The van der Waals surface area contributed by atoms with E-state index in [0.29, 0.717) is 38.0 Å². The van der Waals surface area contributed by atoms with Gasteiger partial charge in [-0.2, -0.15) is 0 Å². The highest BCUT2D eigenvalue weighted by Crippen LogP contribution is 2.77. The van der Waals surface area contributed by atoms with Crippen LogP contribution in [0.5, 0.6) is 0 Å². The van der Waals surface area contributed by atoms with E-state index in [9.17, 15) is 45.6 Å². The second-order valence-corrected chi connectivity index (χ2v) is 17.9. The molecule has 0 aromatic heterocycles. The molecule has 11 nitrogen and oxygen atoms in total. The summed E-state index contributed by atoms with van der Waals surface area (Å²) in [5, 5.41) is 85.9. The Balaban J connectivity index is 1.35. The SMILES string of the molecule is CC(C)[C@@H]1CC[C@]2(C(=O)O[C@@H]3O[C@H](CO)[C@@H](O)[C@H](O)[C@H]3O)CC[C@]3(C)[C@H](CC[C@@H]4[C@@]5(C)C[C@@H](O)[C@H](O)[C@@](C)(CO)[C@@H]5[C@H](O)C[C@]43C)[C@@H]12. The van der Waals surface area contributed by atoms with Crippen molar-refractivity contribution in [1.29, 1.82) is 0 Å². The molecule has 0 aromatic carbocycles. The van der Waals surface area contributed by atoms with Gasteiger partial charge in [-0.25, -0.2) is 0 Å². The molecule has 5 aliphatic carbocycles. The number of aliphatic hydroxyl groups excluding tert-OH is 8. The predicted molar refractivity (Wildman–Crippen MR) is 169 cm³/mol. The first-order valence-corrected chi connectivity index (χ1v) is 18.0. The molecule has 11 heteroatoms. The van der Waals surface area contributed by atoms with E-state index in [2.05, 4.69) is 34.6 Å². The molecular weight excluding hydrogens is 608 g/mol. The Kier molecular flexibility index (Phi) is 9.05. The molecular formula is C36H60O11. The summed E-state index contributed by atoms with van der Waals surface area (Å²) >= 11 is 0. The second kappa shape index (κ2) is 11.8. The average molecular weight is 669 g/mol. The zero-order valence-electron chi connectivity index (χ0n) is 29.0. The smallest absolute Gasteiger partial charge is 0.314 e. The lowest BCUT2D eigenvalue weighted by molar-refractivity contribution is -0.305. The summed E-state index contributed by atoms with van der Waals surface area (Å²) < 4.78 is 11.5. The number of hydrogen-bond acceptors (Lipinski definition) is 11. The van der Waals surface area contributed by atoms with Gasteiger partial charge >= 0.3 is 5.97 Å². The van der Waals surface area contributed by atoms with Gasteiger partial charge in [-0.1, -0.05) is 41.5 Å². The first kappa shape index (κ1) is 35.9. The second-order valence-electron chi connectivity index (χ2n) is 17.9. The maximum absolute atomic E-state index is 14.4. The fraction of sp³-hybridized carbons (Fsp3) is 0.972. The Bertz CT molecular complexity index is 1200. The number of aliphatic hydroxyl groups is 8. The number of esters is 1. The fourth-order valence-electron chi connectivity index (χ4n) is 13.4. The van der Waals surface area contributed by atoms with Crippen LogP contribution in [-0.2, 0) is 14.3 Å². The number of carbonyl (C=O) groups is 1. The molecule has 1 heterocycles. The number of carbonyl (C=O) groups excluding carboxylic acids is 1. The van der Waals surface area contributed by atoms with E-state index in [1.165, 1.54) is 0 Å². The molecule has 0 unspecified atom stereocenters. The summed E-state index contributed by atoms with van der Waals surface area (Å²) in [5.41, 5.74) is -3.02. The molecule has 270 valence electrons. The minimum absolute atomic E-state index is 0.0273. The molecule has 18 atom stereocenters. The van der Waals surface area contributed by atoms with Gasteiger partial charge in [-0.05, 0) is 97.2 Å². The molecule has 6 rings (SSSR count). The molecule has 0 amide bonds. The summed E-state index contributed by atoms with van der Waals surface area (Å²) in [4.78, 5) is 14.4. The van der Waals surface area contributed by atoms with Gasteiger partial charge in [0.25, 0.3) is 0 Å². The predicted octanol–water partition coefficient (Wildman–Crippen LogP) is 1.34. The Labute approximate surface area is 278 Å². The molecule has 6 fully saturated rings. The van der Waals surface area contributed by atoms with Gasteiger partial charge in [0.2, 0.25) is 6.29 Å². The number of rotatable bonds is 5. The molecule has 0 spiro atoms. The van der Waals surface area contributed by atoms with Gasteiger partial charge in [0, 0.05) is 11.3 Å². The van der Waals surface area contributed by atoms with E-state index in [-0.39, 0.29) is 47.0 Å². The van der Waals surface area contributed by atoms with Crippen molar-refractivity contribution in [3.63, 3.8) is 0 Å². The highest BCUT2D eigenvalue weighted by molar-refractivity contribution is 5.78. The summed E-state index contributed by atoms with van der Waals surface area (Å²) in [6, 6.07) is 0. The van der Waals surface area contributed by atoms with E-state index in [1.807, 2.05) is 0 Å². The Morgan fingerprint density at radius 2 is 1.51 bits per heavy atom. The first-order valence-electron chi connectivity index (χ1n) is 18.0. The lowest BCUT2D eigenvalue weighted by Gasteiger charge is -2.73. The van der Waals surface area contributed by atoms with Gasteiger partial charge < -0.3 is 50.3 Å². The van der Waals surface area contributed by atoms with E-state index < -0.39 is 77.8 Å². The summed E-state index contributed by atoms with van der Waals surface area (Å²) in [6.07, 6.45) is -5.19. The van der Waals surface area contributed by atoms with Crippen molar-refractivity contribution in [2.45, 2.75) is 142 Å². The van der Waals surface area contributed by atoms with Crippen LogP contribution < -0.4 is 0 Å². The number of fused-ring (bicyclic) bond motifs is 7. The minimum atomic E-state index is -1.66. The Morgan fingerprint density at radius 3 is 2.13 bits per heavy atom. The maximum Gasteiger partial charge on any atom is 0.314 e. The third kappa shape index (κ3) is 4.73. The zero-order valence-corrected chi connectivity index (χ0v) is 29.0. The van der Waals surface area contributed by atoms with Crippen molar-refractivity contribution < 1.29 is 55.1 Å². The lowest BCUT2D eigenvalue weighted by Crippen LogP contribution is -2.72. The molecule has 8 N–H and O–H groups in total. The molecule has 0 radical (unpaired) electrons. The van der Waals surface area contributed by atoms with E-state index in [4.69, 9.17) is 9.47 Å². The third-order valence-electron chi connectivity index (χ3n) is 15.8. The molecule has 5 saturated carbocycles. The van der Waals surface area contributed by atoms with Gasteiger partial charge in [-0.3, -0.25) is 4.79 Å². The number of ether oxygens (including phenoxy) is 2. The van der Waals surface area contributed by atoms with E-state index in [1.54, 1.807) is 6.92 Å². The molecule has 0 aromatic rings. The lowest BCUT2D eigenvalue weighted by atomic mass is 9.31. The van der Waals surface area contributed by atoms with Gasteiger partial charge in [-0.15, -0.1) is 0 Å². The fourth-order valence-corrected chi connectivity index (χ4v) is 13.4. The minimum Gasteiger partial charge on any atom is -0.432 e. The summed E-state index contributed by atoms with van der Waals surface area (Å²) in [6.45, 7) is 12.0. The van der Waals surface area contributed by atoms with Crippen LogP contribution in [0.4, 0.5) is 0 Å². The van der Waals surface area contributed by atoms with Gasteiger partial charge in [0.1, 0.15) is 24.4 Å². The highest BCUT2D eigenvalue weighted by Gasteiger charge is 2.74. The largest absolute Gasteiger partial charge is 0.432 e. The van der Waals surface area contributed by atoms with Crippen LogP contribution in [0.3, 0.4) is 0 Å². The third-order valence-corrected chi connectivity index (χ3v) is 15.8. The van der Waals surface area contributed by atoms with E-state index >= 15 is 0 Å². The van der Waals surface area contributed by atoms with Crippen LogP contribution >= 0.6 is 0 Å². The number of hydrogen-bond donors (Lipinski definition) is 8. The maximum atomic E-state index is 14.4. The normalized spacial score (nSPS) is 57.5. The van der Waals surface area contributed by atoms with E-state index in [0.717, 1.165) is 19.3 Å². The standard InChI is InChI=1S/C36H60O11/c1-17(2)18-9-10-36(31(45)47-30-27(43)26(42)25(41)22(15-37)46-30)12-11-34(5)19(24(18)36)7-8-23-32(3)13-21(40)29(44)33(4,16-38)28(32)20(39)14-35(23,34)6/h17-30,37-44H,7-16H2,1-6H3/t18-,19+,20+,21+,22+,23+,24+,25+,26-,27+,28+,29-,30-,32+,33-,34+,35+,36-/m0/s1. The molecule has 0 bridgehead atoms. The highest BCUT2D eigenvalue weighted by atomic mass is 16.7. The summed E-state index contributed by atoms with van der Waals surface area (Å²) in [7, 11) is 0. The van der Waals surface area contributed by atoms with Gasteiger partial charge in [0.15, 0.2) is 0 Å². The van der Waals surface area contributed by atoms with Crippen molar-refractivity contribution in [3.05, 3.63) is 0 Å². The molecule has 1 aliphatic heterocycles. The Morgan fingerprint density at radius 1 is 0.830 bits per heavy atom. The van der Waals surface area contributed by atoms with Crippen LogP contribution in [0.1, 0.15) is 92.9 Å². The average Bonchev–Trinajstić information content (AvgIpc) is 3.41. The molecule has 6 aliphatic rings. The first-order chi connectivity index (χ1) is 21.9. The van der Waals surface area contributed by atoms with Crippen molar-refractivity contribution in [2.75, 3.05) is 13.2 Å². The monoisotopic (exact) mass is 668 g/mol. The molecule has 1 saturated heterocycles. The van der Waals surface area contributed by atoms with Crippen molar-refractivity contribution in [2.24, 2.45) is 62.6 Å². The molecule has 47 heavy (non-hydrogen) atoms. The van der Waals surface area contributed by atoms with Gasteiger partial charge in [0.05, 0.1) is 36.9 Å². The topological polar surface area (TPSA) is 197 Å². The quantitative estimate of drug-likeness (QED) is 0.197. The van der Waals surface area contributed by atoms with Crippen molar-refractivity contribution in [1.82, 2.24) is 0 Å². The van der Waals surface area contributed by atoms with Crippen LogP contribution in [0, 0.1) is 62.6 Å². The zero-order chi connectivity index (χ0) is 34.6. The van der Waals surface area contributed by atoms with Crippen LogP contribution in [0.2, 0.25) is 0 Å².